The third-order valence-corrected chi connectivity index (χ3v) is 1.47. The predicted molar refractivity (Wildman–Crippen MR) is 59.8 cm³/mol. The maximum absolute atomic E-state index is 8.47. The third kappa shape index (κ3) is 7.86. The fraction of sp³-hybridized carbons (Fsp3) is 0.400. The maximum Gasteiger partial charge on any atom is 0.0604 e. The minimum absolute atomic E-state index is 0.0849. The number of para-hydroxylation sites is 1. The summed E-state index contributed by atoms with van der Waals surface area (Å²) in [5, 5.41) is 19.3. The second kappa shape index (κ2) is 10.3. The molecule has 0 aliphatic rings. The van der Waals surface area contributed by atoms with Crippen LogP contribution in [0.1, 0.15) is 0 Å². The van der Waals surface area contributed by atoms with Gasteiger partial charge in [-0.15, -0.1) is 11.6 Å². The Bertz CT molecular complexity index is 205. The van der Waals surface area contributed by atoms with Crippen LogP contribution >= 0.6 is 11.6 Å². The second-order valence-electron chi connectivity index (χ2n) is 2.43. The molecule has 3 N–H and O–H groups in total. The first-order valence-corrected chi connectivity index (χ1v) is 4.95. The molecule has 0 saturated heterocycles. The van der Waals surface area contributed by atoms with Gasteiger partial charge in [0.2, 0.25) is 0 Å². The number of halogens is 1. The summed E-state index contributed by atoms with van der Waals surface area (Å²) in [4.78, 5) is 0. The number of anilines is 1. The van der Waals surface area contributed by atoms with E-state index in [1.165, 1.54) is 0 Å². The number of alkyl halides is 1. The predicted octanol–water partition coefficient (Wildman–Crippen LogP) is 1.31. The van der Waals surface area contributed by atoms with Gasteiger partial charge in [0.05, 0.1) is 13.2 Å². The van der Waals surface area contributed by atoms with Crippen molar-refractivity contribution >= 4 is 17.3 Å². The Labute approximate surface area is 89.3 Å². The first-order chi connectivity index (χ1) is 6.85. The summed E-state index contributed by atoms with van der Waals surface area (Å²) in [7, 11) is 0. The van der Waals surface area contributed by atoms with E-state index in [9.17, 15) is 0 Å². The highest BCUT2D eigenvalue weighted by Crippen LogP contribution is 2.02. The Kier molecular flexibility index (Phi) is 9.74. The standard InChI is InChI=1S/C8H11NO.C2H5ClO/c10-7-6-9-8-4-2-1-3-5-8;3-1-2-4/h1-5,9-10H,6-7H2;4H,1-2H2. The van der Waals surface area contributed by atoms with Crippen LogP contribution in [0.2, 0.25) is 0 Å². The number of benzene rings is 1. The number of aliphatic hydroxyl groups is 2. The van der Waals surface area contributed by atoms with Gasteiger partial charge in [-0.25, -0.2) is 0 Å². The molecule has 0 atom stereocenters. The van der Waals surface area contributed by atoms with E-state index in [-0.39, 0.29) is 13.2 Å². The monoisotopic (exact) mass is 217 g/mol. The van der Waals surface area contributed by atoms with Crippen molar-refractivity contribution in [2.24, 2.45) is 0 Å². The molecule has 80 valence electrons. The van der Waals surface area contributed by atoms with Gasteiger partial charge in [-0.05, 0) is 12.1 Å². The fourth-order valence-electron chi connectivity index (χ4n) is 0.756. The lowest BCUT2D eigenvalue weighted by Crippen LogP contribution is -2.04. The lowest BCUT2D eigenvalue weighted by molar-refractivity contribution is 0.311. The number of rotatable bonds is 4. The van der Waals surface area contributed by atoms with E-state index in [0.29, 0.717) is 12.4 Å². The number of hydrogen-bond acceptors (Lipinski definition) is 3. The van der Waals surface area contributed by atoms with Crippen molar-refractivity contribution in [2.75, 3.05) is 31.0 Å². The number of hydrogen-bond donors (Lipinski definition) is 3. The second-order valence-corrected chi connectivity index (χ2v) is 2.81. The van der Waals surface area contributed by atoms with E-state index < -0.39 is 0 Å². The van der Waals surface area contributed by atoms with Crippen molar-refractivity contribution in [3.8, 4) is 0 Å². The minimum Gasteiger partial charge on any atom is -0.395 e. The maximum atomic E-state index is 8.47. The van der Waals surface area contributed by atoms with Crippen LogP contribution < -0.4 is 5.32 Å². The molecule has 1 rings (SSSR count). The van der Waals surface area contributed by atoms with Gasteiger partial charge in [-0.1, -0.05) is 18.2 Å². The van der Waals surface area contributed by atoms with Crippen LogP contribution in [0, 0.1) is 0 Å². The van der Waals surface area contributed by atoms with E-state index in [0.717, 1.165) is 5.69 Å². The molecule has 0 amide bonds. The molecule has 0 aliphatic carbocycles. The van der Waals surface area contributed by atoms with Crippen LogP contribution in [0.25, 0.3) is 0 Å². The van der Waals surface area contributed by atoms with Crippen molar-refractivity contribution in [1.29, 1.82) is 0 Å². The molecule has 14 heavy (non-hydrogen) atoms. The van der Waals surface area contributed by atoms with Crippen LogP contribution in [-0.2, 0) is 0 Å². The van der Waals surface area contributed by atoms with Gasteiger partial charge >= 0.3 is 0 Å². The molecule has 0 heterocycles. The number of nitrogens with one attached hydrogen (secondary N) is 1. The molecule has 0 aliphatic heterocycles. The molecule has 0 bridgehead atoms. The molecule has 0 unspecified atom stereocenters. The molecule has 0 aromatic heterocycles. The van der Waals surface area contributed by atoms with Gasteiger partial charge in [0.25, 0.3) is 0 Å². The average molecular weight is 218 g/mol. The van der Waals surface area contributed by atoms with Crippen molar-refractivity contribution in [2.45, 2.75) is 0 Å². The smallest absolute Gasteiger partial charge is 0.0604 e. The third-order valence-electron chi connectivity index (χ3n) is 1.30. The zero-order valence-electron chi connectivity index (χ0n) is 7.99. The van der Waals surface area contributed by atoms with Crippen LogP contribution in [-0.4, -0.2) is 35.9 Å². The quantitative estimate of drug-likeness (QED) is 0.667. The summed E-state index contributed by atoms with van der Waals surface area (Å²) in [6.07, 6.45) is 0. The zero-order valence-corrected chi connectivity index (χ0v) is 8.74. The molecule has 1 aromatic carbocycles. The van der Waals surface area contributed by atoms with Crippen molar-refractivity contribution in [3.63, 3.8) is 0 Å². The number of aliphatic hydroxyl groups excluding tert-OH is 2. The minimum atomic E-state index is 0.0849. The van der Waals surface area contributed by atoms with E-state index in [1.807, 2.05) is 30.3 Å². The Balaban J connectivity index is 0.000000364. The topological polar surface area (TPSA) is 52.5 Å². The first-order valence-electron chi connectivity index (χ1n) is 4.41. The van der Waals surface area contributed by atoms with Crippen LogP contribution in [0.5, 0.6) is 0 Å². The van der Waals surface area contributed by atoms with Gasteiger partial charge in [0, 0.05) is 18.1 Å². The summed E-state index contributed by atoms with van der Waals surface area (Å²) in [5.41, 5.74) is 1.05. The molecular weight excluding hydrogens is 202 g/mol. The molecule has 0 radical (unpaired) electrons. The molecule has 4 heteroatoms. The molecular formula is C10H16ClNO2. The summed E-state index contributed by atoms with van der Waals surface area (Å²) < 4.78 is 0. The van der Waals surface area contributed by atoms with Gasteiger partial charge in [0.15, 0.2) is 0 Å². The molecule has 0 fully saturated rings. The zero-order chi connectivity index (χ0) is 10.6. The summed E-state index contributed by atoms with van der Waals surface area (Å²) in [6.45, 7) is 0.875. The van der Waals surface area contributed by atoms with Crippen LogP contribution in [0.4, 0.5) is 5.69 Å². The van der Waals surface area contributed by atoms with E-state index in [4.69, 9.17) is 21.8 Å². The normalized spacial score (nSPS) is 8.79. The fourth-order valence-corrected chi connectivity index (χ4v) is 0.756. The lowest BCUT2D eigenvalue weighted by Gasteiger charge is -2.01. The van der Waals surface area contributed by atoms with Crippen molar-refractivity contribution in [1.82, 2.24) is 0 Å². The first kappa shape index (κ1) is 13.2. The largest absolute Gasteiger partial charge is 0.395 e. The molecule has 0 saturated carbocycles. The Hall–Kier alpha value is -0.770. The van der Waals surface area contributed by atoms with Crippen molar-refractivity contribution < 1.29 is 10.2 Å². The molecule has 3 nitrogen and oxygen atoms in total. The highest BCUT2D eigenvalue weighted by Gasteiger charge is 1.84. The van der Waals surface area contributed by atoms with Gasteiger partial charge in [-0.3, -0.25) is 0 Å². The Morgan fingerprint density at radius 3 is 2.07 bits per heavy atom. The van der Waals surface area contributed by atoms with Crippen LogP contribution in [0.15, 0.2) is 30.3 Å². The van der Waals surface area contributed by atoms with E-state index in [1.54, 1.807) is 0 Å². The van der Waals surface area contributed by atoms with E-state index in [2.05, 4.69) is 5.32 Å². The average Bonchev–Trinajstić information content (AvgIpc) is 2.28. The summed E-state index contributed by atoms with van der Waals surface area (Å²) in [5.74, 6) is 0.347. The van der Waals surface area contributed by atoms with Crippen LogP contribution in [0.3, 0.4) is 0 Å². The van der Waals surface area contributed by atoms with Gasteiger partial charge in [0.1, 0.15) is 0 Å². The molecule has 0 spiro atoms. The summed E-state index contributed by atoms with van der Waals surface area (Å²) in [6, 6.07) is 9.81. The van der Waals surface area contributed by atoms with E-state index >= 15 is 0 Å². The Morgan fingerprint density at radius 2 is 1.64 bits per heavy atom. The SMILES string of the molecule is OCCCl.OCCNc1ccccc1. The van der Waals surface area contributed by atoms with Gasteiger partial charge < -0.3 is 15.5 Å². The highest BCUT2D eigenvalue weighted by atomic mass is 35.5. The highest BCUT2D eigenvalue weighted by molar-refractivity contribution is 6.17. The Morgan fingerprint density at radius 1 is 1.07 bits per heavy atom. The molecule has 1 aromatic rings. The van der Waals surface area contributed by atoms with Gasteiger partial charge in [-0.2, -0.15) is 0 Å². The van der Waals surface area contributed by atoms with Crippen molar-refractivity contribution in [3.05, 3.63) is 30.3 Å². The lowest BCUT2D eigenvalue weighted by atomic mass is 10.3. The summed E-state index contributed by atoms with van der Waals surface area (Å²) >= 11 is 4.94.